The maximum atomic E-state index is 11.1. The fourth-order valence-electron chi connectivity index (χ4n) is 4.07. The number of nitrogens with zero attached hydrogens (tertiary/aromatic N) is 2. The van der Waals surface area contributed by atoms with Gasteiger partial charge in [0.25, 0.3) is 0 Å². The normalized spacial score (nSPS) is 11.2. The van der Waals surface area contributed by atoms with E-state index < -0.39 is 5.97 Å². The molecule has 170 valence electrons. The molecular formula is C28H18N2O4S. The lowest BCUT2D eigenvalue weighted by Crippen LogP contribution is -2.00. The lowest BCUT2D eigenvalue weighted by atomic mass is 10.0. The molecule has 6 rings (SSSR count). The molecule has 0 radical (unpaired) electrons. The number of thiazole rings is 1. The van der Waals surface area contributed by atoms with Gasteiger partial charge in [0.05, 0.1) is 17.5 Å². The van der Waals surface area contributed by atoms with Gasteiger partial charge in [-0.15, -0.1) is 11.3 Å². The Labute approximate surface area is 204 Å². The van der Waals surface area contributed by atoms with Crippen molar-refractivity contribution in [1.29, 1.82) is 0 Å². The Balaban J connectivity index is 1.28. The Morgan fingerprint density at radius 2 is 1.77 bits per heavy atom. The number of hydrogen-bond donors (Lipinski definition) is 1. The third-order valence-corrected chi connectivity index (χ3v) is 6.66. The summed E-state index contributed by atoms with van der Waals surface area (Å²) in [4.78, 5) is 19.8. The molecule has 1 N–H and O–H groups in total. The molecule has 0 spiro atoms. The molecule has 0 fully saturated rings. The van der Waals surface area contributed by atoms with Crippen LogP contribution in [0.25, 0.3) is 43.6 Å². The third-order valence-electron chi connectivity index (χ3n) is 5.72. The number of fused-ring (bicyclic) bond motifs is 3. The second-order valence-electron chi connectivity index (χ2n) is 8.01. The second kappa shape index (κ2) is 8.70. The predicted molar refractivity (Wildman–Crippen MR) is 136 cm³/mol. The molecule has 0 aliphatic carbocycles. The van der Waals surface area contributed by atoms with Gasteiger partial charge in [-0.3, -0.25) is 4.98 Å². The van der Waals surface area contributed by atoms with E-state index in [9.17, 15) is 4.79 Å². The number of benzene rings is 3. The number of carbonyl (C=O) groups is 1. The minimum Gasteiger partial charge on any atom is -0.486 e. The summed E-state index contributed by atoms with van der Waals surface area (Å²) in [7, 11) is 0. The molecule has 0 aliphatic heterocycles. The number of ether oxygens (including phenoxy) is 1. The van der Waals surface area contributed by atoms with Gasteiger partial charge in [0.1, 0.15) is 28.5 Å². The maximum absolute atomic E-state index is 11.1. The molecule has 0 unspecified atom stereocenters. The molecule has 0 bridgehead atoms. The smallest absolute Gasteiger partial charge is 0.337 e. The summed E-state index contributed by atoms with van der Waals surface area (Å²) >= 11 is 1.53. The zero-order valence-corrected chi connectivity index (χ0v) is 19.2. The van der Waals surface area contributed by atoms with Crippen LogP contribution in [-0.2, 0) is 6.61 Å². The Morgan fingerprint density at radius 1 is 0.943 bits per heavy atom. The summed E-state index contributed by atoms with van der Waals surface area (Å²) < 4.78 is 11.9. The predicted octanol–water partition coefficient (Wildman–Crippen LogP) is 7.05. The van der Waals surface area contributed by atoms with Crippen molar-refractivity contribution in [2.45, 2.75) is 6.61 Å². The van der Waals surface area contributed by atoms with Crippen LogP contribution in [0.15, 0.2) is 95.0 Å². The van der Waals surface area contributed by atoms with Crippen LogP contribution in [-0.4, -0.2) is 21.0 Å². The number of rotatable bonds is 6. The highest BCUT2D eigenvalue weighted by Gasteiger charge is 2.13. The zero-order valence-electron chi connectivity index (χ0n) is 18.3. The topological polar surface area (TPSA) is 85.5 Å². The average molecular weight is 479 g/mol. The quantitative estimate of drug-likeness (QED) is 0.276. The number of para-hydroxylation sites is 2. The van der Waals surface area contributed by atoms with E-state index in [0.29, 0.717) is 5.75 Å². The first-order valence-corrected chi connectivity index (χ1v) is 11.8. The third kappa shape index (κ3) is 4.02. The van der Waals surface area contributed by atoms with Crippen molar-refractivity contribution in [3.63, 3.8) is 0 Å². The molecule has 6 nitrogen and oxygen atoms in total. The molecule has 3 aromatic carbocycles. The molecule has 7 heteroatoms. The first-order chi connectivity index (χ1) is 17.2. The largest absolute Gasteiger partial charge is 0.486 e. The molecule has 0 aliphatic rings. The van der Waals surface area contributed by atoms with Crippen LogP contribution in [0.3, 0.4) is 0 Å². The lowest BCUT2D eigenvalue weighted by Gasteiger charge is -2.05. The average Bonchev–Trinajstić information content (AvgIpc) is 3.52. The minimum atomic E-state index is -1.04. The van der Waals surface area contributed by atoms with Crippen molar-refractivity contribution < 1.29 is 19.1 Å². The summed E-state index contributed by atoms with van der Waals surface area (Å²) in [5.41, 5.74) is 5.67. The van der Waals surface area contributed by atoms with E-state index in [0.717, 1.165) is 49.3 Å². The van der Waals surface area contributed by atoms with Crippen LogP contribution >= 0.6 is 11.3 Å². The van der Waals surface area contributed by atoms with Gasteiger partial charge in [0.2, 0.25) is 0 Å². The summed E-state index contributed by atoms with van der Waals surface area (Å²) in [6.45, 7) is 0.221. The standard InChI is InChI=1S/C28H18N2O4S/c31-28(32)19-12-21(14-29-13-19)33-15-20-16-35-27(30-20)18-6-3-5-17(11-18)22-8-4-9-24-23-7-1-2-10-25(23)34-26(22)24/h1-14,16H,15H2,(H,31,32). The number of carboxylic acid groups (broad SMARTS) is 1. The Kier molecular flexibility index (Phi) is 5.24. The van der Waals surface area contributed by atoms with Gasteiger partial charge in [-0.1, -0.05) is 54.6 Å². The molecule has 0 amide bonds. The number of furan rings is 1. The first-order valence-electron chi connectivity index (χ1n) is 10.9. The van der Waals surface area contributed by atoms with Crippen LogP contribution in [0.2, 0.25) is 0 Å². The summed E-state index contributed by atoms with van der Waals surface area (Å²) in [5.74, 6) is -0.655. The summed E-state index contributed by atoms with van der Waals surface area (Å²) in [5, 5.41) is 14.1. The molecule has 6 aromatic rings. The number of aromatic carboxylic acids is 1. The van der Waals surface area contributed by atoms with E-state index in [1.165, 1.54) is 29.8 Å². The van der Waals surface area contributed by atoms with Gasteiger partial charge < -0.3 is 14.3 Å². The van der Waals surface area contributed by atoms with E-state index in [2.05, 4.69) is 41.4 Å². The van der Waals surface area contributed by atoms with Gasteiger partial charge in [-0.2, -0.15) is 0 Å². The molecule has 0 atom stereocenters. The highest BCUT2D eigenvalue weighted by molar-refractivity contribution is 7.13. The SMILES string of the molecule is O=C(O)c1cncc(OCc2csc(-c3cccc(-c4cccc5c4oc4ccccc45)c3)n2)c1. The van der Waals surface area contributed by atoms with Gasteiger partial charge in [-0.05, 0) is 23.8 Å². The monoisotopic (exact) mass is 478 g/mol. The second-order valence-corrected chi connectivity index (χ2v) is 8.87. The molecule has 35 heavy (non-hydrogen) atoms. The number of hydrogen-bond acceptors (Lipinski definition) is 6. The van der Waals surface area contributed by atoms with E-state index in [-0.39, 0.29) is 12.2 Å². The van der Waals surface area contributed by atoms with Crippen LogP contribution in [0.4, 0.5) is 0 Å². The van der Waals surface area contributed by atoms with Crippen LogP contribution < -0.4 is 4.74 Å². The van der Waals surface area contributed by atoms with E-state index in [4.69, 9.17) is 19.2 Å². The highest BCUT2D eigenvalue weighted by Crippen LogP contribution is 2.37. The Hall–Kier alpha value is -4.49. The summed E-state index contributed by atoms with van der Waals surface area (Å²) in [6.07, 6.45) is 2.77. The lowest BCUT2D eigenvalue weighted by molar-refractivity contribution is 0.0696. The molecule has 3 aromatic heterocycles. The van der Waals surface area contributed by atoms with Crippen LogP contribution in [0.1, 0.15) is 16.1 Å². The van der Waals surface area contributed by atoms with Crippen molar-refractivity contribution in [2.24, 2.45) is 0 Å². The Morgan fingerprint density at radius 3 is 2.69 bits per heavy atom. The number of carboxylic acids is 1. The van der Waals surface area contributed by atoms with Crippen LogP contribution in [0, 0.1) is 0 Å². The molecule has 0 saturated carbocycles. The van der Waals surface area contributed by atoms with Crippen molar-refractivity contribution in [3.8, 4) is 27.4 Å². The molecule has 3 heterocycles. The van der Waals surface area contributed by atoms with Gasteiger partial charge in [-0.25, -0.2) is 9.78 Å². The van der Waals surface area contributed by atoms with Gasteiger partial charge in [0, 0.05) is 33.5 Å². The summed E-state index contributed by atoms with van der Waals surface area (Å²) in [6, 6.07) is 24.0. The zero-order chi connectivity index (χ0) is 23.8. The van der Waals surface area contributed by atoms with Crippen molar-refractivity contribution in [3.05, 3.63) is 102 Å². The minimum absolute atomic E-state index is 0.0813. The highest BCUT2D eigenvalue weighted by atomic mass is 32.1. The van der Waals surface area contributed by atoms with Gasteiger partial charge in [0.15, 0.2) is 0 Å². The van der Waals surface area contributed by atoms with Crippen molar-refractivity contribution >= 4 is 39.2 Å². The number of pyridine rings is 1. The van der Waals surface area contributed by atoms with Crippen LogP contribution in [0.5, 0.6) is 5.75 Å². The fraction of sp³-hybridized carbons (Fsp3) is 0.0357. The maximum Gasteiger partial charge on any atom is 0.337 e. The fourth-order valence-corrected chi connectivity index (χ4v) is 4.87. The van der Waals surface area contributed by atoms with E-state index >= 15 is 0 Å². The van der Waals surface area contributed by atoms with E-state index in [1.54, 1.807) is 0 Å². The van der Waals surface area contributed by atoms with Gasteiger partial charge >= 0.3 is 5.97 Å². The van der Waals surface area contributed by atoms with E-state index in [1.807, 2.05) is 35.7 Å². The van der Waals surface area contributed by atoms with Crippen molar-refractivity contribution in [2.75, 3.05) is 0 Å². The number of aromatic nitrogens is 2. The van der Waals surface area contributed by atoms with Crippen molar-refractivity contribution in [1.82, 2.24) is 9.97 Å². The Bertz CT molecular complexity index is 1700. The molecular weight excluding hydrogens is 460 g/mol. The molecule has 0 saturated heterocycles. The first kappa shape index (κ1) is 21.1.